The molecule has 2 N–H and O–H groups in total. The minimum atomic E-state index is -0.996. The second-order valence-electron chi connectivity index (χ2n) is 7.45. The van der Waals surface area contributed by atoms with Crippen molar-refractivity contribution in [2.45, 2.75) is 27.2 Å². The Balaban J connectivity index is 1.49. The molecular weight excluding hydrogens is 346 g/mol. The molecule has 2 amide bonds. The smallest absolute Gasteiger partial charge is 0.229 e. The number of benzene rings is 1. The van der Waals surface area contributed by atoms with Crippen LogP contribution in [0.1, 0.15) is 34.3 Å². The Kier molecular flexibility index (Phi) is 3.91. The van der Waals surface area contributed by atoms with Gasteiger partial charge in [-0.3, -0.25) is 14.4 Å². The van der Waals surface area contributed by atoms with Crippen molar-refractivity contribution in [1.29, 1.82) is 0 Å². The van der Waals surface area contributed by atoms with Crippen LogP contribution in [0.15, 0.2) is 28.8 Å². The summed E-state index contributed by atoms with van der Waals surface area (Å²) in [6.45, 7) is 5.79. The molecule has 1 saturated carbocycles. The van der Waals surface area contributed by atoms with E-state index in [4.69, 9.17) is 4.52 Å². The fourth-order valence-electron chi connectivity index (χ4n) is 4.21. The molecule has 1 aromatic carbocycles. The van der Waals surface area contributed by atoms with Crippen molar-refractivity contribution in [3.8, 4) is 0 Å². The Hall–Kier alpha value is -2.96. The summed E-state index contributed by atoms with van der Waals surface area (Å²) >= 11 is 0. The number of amides is 2. The third-order valence-corrected chi connectivity index (χ3v) is 5.86. The number of ketones is 1. The monoisotopic (exact) mass is 367 g/mol. The van der Waals surface area contributed by atoms with Gasteiger partial charge >= 0.3 is 0 Å². The molecule has 27 heavy (non-hydrogen) atoms. The first-order valence-corrected chi connectivity index (χ1v) is 9.00. The predicted molar refractivity (Wildman–Crippen MR) is 97.2 cm³/mol. The number of aromatic nitrogens is 1. The average molecular weight is 367 g/mol. The molecule has 7 nitrogen and oxygen atoms in total. The highest BCUT2D eigenvalue weighted by molar-refractivity contribution is 6.19. The third kappa shape index (κ3) is 2.57. The standard InChI is InChI=1S/C20H21N3O4/c1-10-12(11(2)27-23-10)8-9-21-18(25)15-16-19(26)22-14-7-5-4-6-13(14)17(24)20(15,16)3/h4-7,15-16H,8-9H2,1-3H3,(H,21,25)(H,22,26)/t15-,16?,20+/m0/s1. The van der Waals surface area contributed by atoms with Crippen LogP contribution in [0.5, 0.6) is 0 Å². The van der Waals surface area contributed by atoms with E-state index in [1.54, 1.807) is 31.2 Å². The van der Waals surface area contributed by atoms with E-state index in [0.717, 1.165) is 17.0 Å². The summed E-state index contributed by atoms with van der Waals surface area (Å²) in [6.07, 6.45) is 0.587. The van der Waals surface area contributed by atoms with Gasteiger partial charge in [-0.2, -0.15) is 0 Å². The normalized spacial score (nSPS) is 25.9. The van der Waals surface area contributed by atoms with Crippen molar-refractivity contribution in [3.63, 3.8) is 0 Å². The van der Waals surface area contributed by atoms with Crippen LogP contribution in [0.4, 0.5) is 5.69 Å². The van der Waals surface area contributed by atoms with Crippen molar-refractivity contribution >= 4 is 23.3 Å². The number of fused-ring (bicyclic) bond motifs is 2. The molecule has 0 saturated heterocycles. The summed E-state index contributed by atoms with van der Waals surface area (Å²) in [7, 11) is 0. The lowest BCUT2D eigenvalue weighted by molar-refractivity contribution is -0.125. The van der Waals surface area contributed by atoms with Crippen LogP contribution in [-0.4, -0.2) is 29.3 Å². The van der Waals surface area contributed by atoms with E-state index < -0.39 is 17.3 Å². The number of Topliss-reactive ketones (excluding diaryl/α,β-unsaturated/α-hetero) is 1. The van der Waals surface area contributed by atoms with Crippen LogP contribution < -0.4 is 10.6 Å². The first-order chi connectivity index (χ1) is 12.9. The zero-order valence-electron chi connectivity index (χ0n) is 15.5. The van der Waals surface area contributed by atoms with E-state index in [0.29, 0.717) is 24.2 Å². The van der Waals surface area contributed by atoms with Gasteiger partial charge in [0.15, 0.2) is 5.78 Å². The summed E-state index contributed by atoms with van der Waals surface area (Å²) in [5.74, 6) is -1.26. The van der Waals surface area contributed by atoms with Gasteiger partial charge in [-0.05, 0) is 32.4 Å². The van der Waals surface area contributed by atoms with Crippen molar-refractivity contribution in [3.05, 3.63) is 46.8 Å². The molecule has 0 radical (unpaired) electrons. The largest absolute Gasteiger partial charge is 0.361 e. The van der Waals surface area contributed by atoms with Crippen LogP contribution in [0, 0.1) is 31.1 Å². The number of rotatable bonds is 4. The second-order valence-corrected chi connectivity index (χ2v) is 7.45. The Labute approximate surface area is 156 Å². The van der Waals surface area contributed by atoms with E-state index in [1.165, 1.54) is 0 Å². The van der Waals surface area contributed by atoms with Gasteiger partial charge in [-0.25, -0.2) is 0 Å². The first-order valence-electron chi connectivity index (χ1n) is 9.00. The summed E-state index contributed by atoms with van der Waals surface area (Å²) in [6, 6.07) is 6.92. The van der Waals surface area contributed by atoms with Crippen LogP contribution >= 0.6 is 0 Å². The summed E-state index contributed by atoms with van der Waals surface area (Å²) in [5, 5.41) is 9.55. The fourth-order valence-corrected chi connectivity index (χ4v) is 4.21. The molecule has 4 rings (SSSR count). The van der Waals surface area contributed by atoms with Gasteiger partial charge in [0.05, 0.1) is 28.6 Å². The molecule has 0 spiro atoms. The quantitative estimate of drug-likeness (QED) is 0.861. The number of hydrogen-bond donors (Lipinski definition) is 2. The zero-order chi connectivity index (χ0) is 19.3. The molecule has 1 aromatic heterocycles. The Bertz CT molecular complexity index is 944. The maximum atomic E-state index is 13.0. The number of hydrogen-bond acceptors (Lipinski definition) is 5. The molecule has 1 aliphatic heterocycles. The molecule has 2 aliphatic rings. The van der Waals surface area contributed by atoms with Gasteiger partial charge in [0, 0.05) is 17.7 Å². The topological polar surface area (TPSA) is 101 Å². The number of carbonyl (C=O) groups excluding carboxylic acids is 3. The highest BCUT2D eigenvalue weighted by atomic mass is 16.5. The lowest BCUT2D eigenvalue weighted by atomic mass is 9.92. The fraction of sp³-hybridized carbons (Fsp3) is 0.400. The van der Waals surface area contributed by atoms with Gasteiger partial charge < -0.3 is 15.2 Å². The summed E-state index contributed by atoms with van der Waals surface area (Å²) < 4.78 is 5.12. The molecule has 2 heterocycles. The molecular formula is C20H21N3O4. The van der Waals surface area contributed by atoms with Crippen LogP contribution in [0.25, 0.3) is 0 Å². The van der Waals surface area contributed by atoms with Crippen molar-refractivity contribution in [1.82, 2.24) is 10.5 Å². The van der Waals surface area contributed by atoms with Gasteiger partial charge in [0.2, 0.25) is 11.8 Å². The molecule has 7 heteroatoms. The van der Waals surface area contributed by atoms with E-state index in [1.807, 2.05) is 13.8 Å². The van der Waals surface area contributed by atoms with Crippen molar-refractivity contribution in [2.75, 3.05) is 11.9 Å². The molecule has 1 aliphatic carbocycles. The van der Waals surface area contributed by atoms with E-state index >= 15 is 0 Å². The number of carbonyl (C=O) groups is 3. The minimum Gasteiger partial charge on any atom is -0.361 e. The zero-order valence-corrected chi connectivity index (χ0v) is 15.5. The maximum Gasteiger partial charge on any atom is 0.229 e. The Morgan fingerprint density at radius 2 is 2.04 bits per heavy atom. The van der Waals surface area contributed by atoms with Gasteiger partial charge in [-0.1, -0.05) is 24.2 Å². The van der Waals surface area contributed by atoms with E-state index in [2.05, 4.69) is 15.8 Å². The highest BCUT2D eigenvalue weighted by Crippen LogP contribution is 2.62. The molecule has 2 aromatic rings. The van der Waals surface area contributed by atoms with Gasteiger partial charge in [-0.15, -0.1) is 0 Å². The lowest BCUT2D eigenvalue weighted by Gasteiger charge is -2.12. The number of para-hydroxylation sites is 1. The molecule has 1 fully saturated rings. The van der Waals surface area contributed by atoms with Gasteiger partial charge in [0.25, 0.3) is 0 Å². The Morgan fingerprint density at radius 3 is 2.74 bits per heavy atom. The average Bonchev–Trinajstić information content (AvgIpc) is 3.19. The molecule has 3 atom stereocenters. The first kappa shape index (κ1) is 17.5. The number of anilines is 1. The van der Waals surface area contributed by atoms with Crippen molar-refractivity contribution < 1.29 is 18.9 Å². The molecule has 0 bridgehead atoms. The second kappa shape index (κ2) is 6.04. The number of nitrogens with zero attached hydrogens (tertiary/aromatic N) is 1. The maximum absolute atomic E-state index is 13.0. The highest BCUT2D eigenvalue weighted by Gasteiger charge is 2.73. The SMILES string of the molecule is Cc1noc(C)c1CCNC(=O)[C@@H]1C2C(=O)Nc3ccccc3C(=O)[C@@]21C. The van der Waals surface area contributed by atoms with E-state index in [-0.39, 0.29) is 17.6 Å². The third-order valence-electron chi connectivity index (χ3n) is 5.86. The van der Waals surface area contributed by atoms with Gasteiger partial charge in [0.1, 0.15) is 5.76 Å². The molecule has 140 valence electrons. The summed E-state index contributed by atoms with van der Waals surface area (Å²) in [5.41, 5.74) is 1.75. The lowest BCUT2D eigenvalue weighted by Crippen LogP contribution is -2.31. The van der Waals surface area contributed by atoms with Crippen molar-refractivity contribution in [2.24, 2.45) is 17.3 Å². The number of nitrogens with one attached hydrogen (secondary N) is 2. The Morgan fingerprint density at radius 1 is 1.30 bits per heavy atom. The summed E-state index contributed by atoms with van der Waals surface area (Å²) in [4.78, 5) is 38.3. The molecule has 1 unspecified atom stereocenters. The minimum absolute atomic E-state index is 0.160. The predicted octanol–water partition coefficient (Wildman–Crippen LogP) is 2.04. The van der Waals surface area contributed by atoms with Crippen LogP contribution in [0.2, 0.25) is 0 Å². The van der Waals surface area contributed by atoms with Crippen LogP contribution in [0.3, 0.4) is 0 Å². The van der Waals surface area contributed by atoms with E-state index in [9.17, 15) is 14.4 Å². The van der Waals surface area contributed by atoms with Crippen LogP contribution in [-0.2, 0) is 16.0 Å². The number of aryl methyl sites for hydroxylation is 2.